The molecule has 0 amide bonds. The number of hydrogen-bond donors (Lipinski definition) is 1. The summed E-state index contributed by atoms with van der Waals surface area (Å²) in [5, 5.41) is 8.86. The predicted molar refractivity (Wildman–Crippen MR) is 79.6 cm³/mol. The first-order valence-electron chi connectivity index (χ1n) is 7.12. The summed E-state index contributed by atoms with van der Waals surface area (Å²) in [6, 6.07) is 6.85. The van der Waals surface area contributed by atoms with Gasteiger partial charge in [0.1, 0.15) is 11.6 Å². The number of carboxylic acid groups (broad SMARTS) is 1. The molecule has 0 bridgehead atoms. The minimum Gasteiger partial charge on any atom is -0.476 e. The molecule has 22 heavy (non-hydrogen) atoms. The number of rotatable bonds is 3. The van der Waals surface area contributed by atoms with E-state index in [2.05, 4.69) is 21.8 Å². The van der Waals surface area contributed by atoms with Crippen LogP contribution in [-0.4, -0.2) is 33.6 Å². The number of nitrogens with zero attached hydrogens (tertiary/aromatic N) is 3. The third kappa shape index (κ3) is 2.77. The lowest BCUT2D eigenvalue weighted by molar-refractivity contribution is 0.0690. The number of benzene rings is 1. The summed E-state index contributed by atoms with van der Waals surface area (Å²) in [6.07, 6.45) is 3.70. The quantitative estimate of drug-likeness (QED) is 0.944. The lowest BCUT2D eigenvalue weighted by atomic mass is 9.97. The summed E-state index contributed by atoms with van der Waals surface area (Å²) in [7, 11) is 0. The van der Waals surface area contributed by atoms with Crippen LogP contribution >= 0.6 is 0 Å². The molecule has 1 fully saturated rings. The maximum atomic E-state index is 13.0. The highest BCUT2D eigenvalue weighted by atomic mass is 19.1. The van der Waals surface area contributed by atoms with E-state index in [9.17, 15) is 9.18 Å². The van der Waals surface area contributed by atoms with Gasteiger partial charge < -0.3 is 10.0 Å². The Morgan fingerprint density at radius 3 is 2.59 bits per heavy atom. The van der Waals surface area contributed by atoms with Crippen LogP contribution in [0.4, 0.5) is 10.2 Å². The first-order valence-corrected chi connectivity index (χ1v) is 7.12. The summed E-state index contributed by atoms with van der Waals surface area (Å²) in [5.74, 6) is -0.349. The number of hydrogen-bond acceptors (Lipinski definition) is 4. The van der Waals surface area contributed by atoms with Crippen molar-refractivity contribution in [3.8, 4) is 0 Å². The van der Waals surface area contributed by atoms with Gasteiger partial charge >= 0.3 is 5.97 Å². The van der Waals surface area contributed by atoms with Crippen molar-refractivity contribution in [2.45, 2.75) is 25.3 Å². The molecule has 1 aromatic heterocycles. The van der Waals surface area contributed by atoms with E-state index in [0.29, 0.717) is 11.7 Å². The summed E-state index contributed by atoms with van der Waals surface area (Å²) >= 11 is 0. The van der Waals surface area contributed by atoms with Gasteiger partial charge in [0.25, 0.3) is 0 Å². The van der Waals surface area contributed by atoms with Crippen LogP contribution in [0.1, 0.15) is 35.3 Å². The van der Waals surface area contributed by atoms with E-state index in [4.69, 9.17) is 5.11 Å². The Morgan fingerprint density at radius 2 is 2.00 bits per heavy atom. The van der Waals surface area contributed by atoms with Crippen LogP contribution in [0.2, 0.25) is 0 Å². The average molecular weight is 301 g/mol. The third-order valence-corrected chi connectivity index (χ3v) is 4.07. The second-order valence-electron chi connectivity index (χ2n) is 5.55. The van der Waals surface area contributed by atoms with E-state index in [1.165, 1.54) is 24.5 Å². The lowest BCUT2D eigenvalue weighted by Gasteiger charge is -2.22. The van der Waals surface area contributed by atoms with Crippen molar-refractivity contribution in [1.82, 2.24) is 9.97 Å². The molecule has 5 nitrogen and oxygen atoms in total. The molecule has 1 aliphatic rings. The van der Waals surface area contributed by atoms with Gasteiger partial charge in [-0.15, -0.1) is 0 Å². The first-order chi connectivity index (χ1) is 10.5. The van der Waals surface area contributed by atoms with Crippen LogP contribution in [0.5, 0.6) is 0 Å². The normalized spacial score (nSPS) is 21.1. The maximum Gasteiger partial charge on any atom is 0.356 e. The van der Waals surface area contributed by atoms with Crippen molar-refractivity contribution in [3.63, 3.8) is 0 Å². The molecule has 2 aromatic rings. The van der Waals surface area contributed by atoms with Crippen LogP contribution in [0.25, 0.3) is 0 Å². The van der Waals surface area contributed by atoms with Crippen molar-refractivity contribution < 1.29 is 14.3 Å². The molecule has 1 N–H and O–H groups in total. The Kier molecular flexibility index (Phi) is 3.75. The Labute approximate surface area is 127 Å². The number of aromatic nitrogens is 2. The molecule has 2 unspecified atom stereocenters. The molecule has 2 heterocycles. The van der Waals surface area contributed by atoms with Gasteiger partial charge in [0.2, 0.25) is 0 Å². The van der Waals surface area contributed by atoms with E-state index in [-0.39, 0.29) is 17.6 Å². The molecular weight excluding hydrogens is 285 g/mol. The van der Waals surface area contributed by atoms with Gasteiger partial charge in [-0.25, -0.2) is 19.2 Å². The zero-order chi connectivity index (χ0) is 15.7. The van der Waals surface area contributed by atoms with Crippen LogP contribution < -0.4 is 4.90 Å². The van der Waals surface area contributed by atoms with E-state index in [1.807, 2.05) is 12.1 Å². The maximum absolute atomic E-state index is 13.0. The Morgan fingerprint density at radius 1 is 1.27 bits per heavy atom. The summed E-state index contributed by atoms with van der Waals surface area (Å²) in [6.45, 7) is 2.85. The zero-order valence-electron chi connectivity index (χ0n) is 12.1. The molecule has 1 aliphatic heterocycles. The van der Waals surface area contributed by atoms with Gasteiger partial charge in [0.15, 0.2) is 5.69 Å². The molecule has 3 rings (SSSR count). The molecule has 2 atom stereocenters. The summed E-state index contributed by atoms with van der Waals surface area (Å²) < 4.78 is 13.0. The lowest BCUT2D eigenvalue weighted by Crippen LogP contribution is -2.27. The van der Waals surface area contributed by atoms with E-state index in [0.717, 1.165) is 18.5 Å². The SMILES string of the molecule is CC1CC(c2ccc(F)cc2)CN1c1cnc(C(=O)O)cn1. The van der Waals surface area contributed by atoms with Crippen molar-refractivity contribution in [3.05, 3.63) is 53.7 Å². The first kappa shape index (κ1) is 14.4. The van der Waals surface area contributed by atoms with E-state index < -0.39 is 5.97 Å². The van der Waals surface area contributed by atoms with Gasteiger partial charge in [-0.2, -0.15) is 0 Å². The highest BCUT2D eigenvalue weighted by Crippen LogP contribution is 2.33. The number of anilines is 1. The zero-order valence-corrected chi connectivity index (χ0v) is 12.1. The highest BCUT2D eigenvalue weighted by Gasteiger charge is 2.31. The van der Waals surface area contributed by atoms with Gasteiger partial charge in [0.05, 0.1) is 12.4 Å². The standard InChI is InChI=1S/C16H16FN3O2/c1-10-6-12(11-2-4-13(17)5-3-11)9-20(10)15-8-18-14(7-19-15)16(21)22/h2-5,7-8,10,12H,6,9H2,1H3,(H,21,22). The van der Waals surface area contributed by atoms with Crippen LogP contribution in [0.15, 0.2) is 36.7 Å². The number of carbonyl (C=O) groups is 1. The summed E-state index contributed by atoms with van der Waals surface area (Å²) in [4.78, 5) is 21.0. The smallest absolute Gasteiger partial charge is 0.356 e. The Hall–Kier alpha value is -2.50. The largest absolute Gasteiger partial charge is 0.476 e. The van der Waals surface area contributed by atoms with E-state index >= 15 is 0 Å². The molecule has 0 saturated carbocycles. The Bertz CT molecular complexity index is 673. The number of halogens is 1. The minimum absolute atomic E-state index is 0.0642. The second kappa shape index (κ2) is 5.71. The molecular formula is C16H16FN3O2. The van der Waals surface area contributed by atoms with Crippen LogP contribution in [0.3, 0.4) is 0 Å². The minimum atomic E-state index is -1.09. The molecule has 0 radical (unpaired) electrons. The second-order valence-corrected chi connectivity index (χ2v) is 5.55. The van der Waals surface area contributed by atoms with Crippen molar-refractivity contribution in [1.29, 1.82) is 0 Å². The number of carboxylic acids is 1. The van der Waals surface area contributed by atoms with Gasteiger partial charge in [-0.1, -0.05) is 12.1 Å². The molecule has 0 spiro atoms. The van der Waals surface area contributed by atoms with Crippen LogP contribution in [-0.2, 0) is 0 Å². The van der Waals surface area contributed by atoms with Crippen molar-refractivity contribution in [2.75, 3.05) is 11.4 Å². The fourth-order valence-electron chi connectivity index (χ4n) is 2.91. The highest BCUT2D eigenvalue weighted by molar-refractivity contribution is 5.84. The monoisotopic (exact) mass is 301 g/mol. The van der Waals surface area contributed by atoms with Gasteiger partial charge in [-0.05, 0) is 31.0 Å². The van der Waals surface area contributed by atoms with Gasteiger partial charge in [0, 0.05) is 18.5 Å². The van der Waals surface area contributed by atoms with Crippen LogP contribution in [0, 0.1) is 5.82 Å². The number of aromatic carboxylic acids is 1. The molecule has 1 saturated heterocycles. The average Bonchev–Trinajstić information content (AvgIpc) is 2.90. The predicted octanol–water partition coefficient (Wildman–Crippen LogP) is 2.70. The summed E-state index contributed by atoms with van der Waals surface area (Å²) in [5.41, 5.74) is 1.04. The molecule has 1 aromatic carbocycles. The molecule has 114 valence electrons. The van der Waals surface area contributed by atoms with Crippen molar-refractivity contribution >= 4 is 11.8 Å². The van der Waals surface area contributed by atoms with E-state index in [1.54, 1.807) is 0 Å². The fraction of sp³-hybridized carbons (Fsp3) is 0.312. The molecule has 6 heteroatoms. The third-order valence-electron chi connectivity index (χ3n) is 4.07. The van der Waals surface area contributed by atoms with Gasteiger partial charge in [-0.3, -0.25) is 0 Å². The topological polar surface area (TPSA) is 66.3 Å². The molecule has 0 aliphatic carbocycles. The van der Waals surface area contributed by atoms with Crippen molar-refractivity contribution in [2.24, 2.45) is 0 Å². The Balaban J connectivity index is 1.78. The fourth-order valence-corrected chi connectivity index (χ4v) is 2.91.